The van der Waals surface area contributed by atoms with Gasteiger partial charge in [0.05, 0.1) is 5.57 Å². The zero-order chi connectivity index (χ0) is 8.69. The molecule has 0 aliphatic heterocycles. The van der Waals surface area contributed by atoms with Gasteiger partial charge in [0.15, 0.2) is 0 Å². The molecule has 3 heteroatoms. The molecule has 0 unspecified atom stereocenters. The molecule has 0 rings (SSSR count). The number of rotatable bonds is 4. The molecule has 0 atom stereocenters. The maximum absolute atomic E-state index is 10.7. The highest BCUT2D eigenvalue weighted by molar-refractivity contribution is 6.11. The highest BCUT2D eigenvalue weighted by Gasteiger charge is 1.97. The lowest BCUT2D eigenvalue weighted by Gasteiger charge is -1.92. The Hall–Kier alpha value is -1.12. The molecule has 0 aromatic rings. The summed E-state index contributed by atoms with van der Waals surface area (Å²) in [6.45, 7) is 4.53. The number of nitrogens with two attached hydrogens (primary N) is 1. The van der Waals surface area contributed by atoms with Crippen LogP contribution in [0, 0.1) is 0 Å². The van der Waals surface area contributed by atoms with Crippen LogP contribution >= 0.6 is 0 Å². The van der Waals surface area contributed by atoms with Gasteiger partial charge < -0.3 is 5.73 Å². The molecule has 2 N–H and O–H groups in total. The fourth-order valence-electron chi connectivity index (χ4n) is 0.626. The molecule has 0 aromatic carbocycles. The third-order valence-corrected chi connectivity index (χ3v) is 1.12. The maximum atomic E-state index is 10.7. The van der Waals surface area contributed by atoms with E-state index < -0.39 is 5.91 Å². The first-order chi connectivity index (χ1) is 5.22. The number of hydrogen-bond donors (Lipinski definition) is 1. The van der Waals surface area contributed by atoms with Gasteiger partial charge in [0.1, 0.15) is 0 Å². The molecule has 0 saturated heterocycles. The average molecular weight is 154 g/mol. The zero-order valence-electron chi connectivity index (χ0n) is 7.00. The lowest BCUT2D eigenvalue weighted by molar-refractivity contribution is -0.114. The first-order valence-electron chi connectivity index (χ1n) is 3.72. The third-order valence-electron chi connectivity index (χ3n) is 1.12. The summed E-state index contributed by atoms with van der Waals surface area (Å²) in [5, 5.41) is 0. The summed E-state index contributed by atoms with van der Waals surface area (Å²) in [5.74, 6) is -0.413. The highest BCUT2D eigenvalue weighted by Crippen LogP contribution is 1.91. The van der Waals surface area contributed by atoms with E-state index in [4.69, 9.17) is 5.73 Å². The van der Waals surface area contributed by atoms with Crippen LogP contribution in [-0.4, -0.2) is 18.7 Å². The van der Waals surface area contributed by atoms with Crippen molar-refractivity contribution in [1.82, 2.24) is 0 Å². The lowest BCUT2D eigenvalue weighted by atomic mass is 10.2. The van der Waals surface area contributed by atoms with Crippen LogP contribution < -0.4 is 5.73 Å². The number of aliphatic imine (C=N–C) groups is 1. The van der Waals surface area contributed by atoms with Crippen LogP contribution in [-0.2, 0) is 4.79 Å². The summed E-state index contributed by atoms with van der Waals surface area (Å²) in [6, 6.07) is 0. The Morgan fingerprint density at radius 3 is 2.55 bits per heavy atom. The van der Waals surface area contributed by atoms with Gasteiger partial charge in [0.2, 0.25) is 5.91 Å². The van der Waals surface area contributed by atoms with Crippen molar-refractivity contribution in [3.8, 4) is 0 Å². The van der Waals surface area contributed by atoms with Crippen LogP contribution in [0.5, 0.6) is 0 Å². The standard InChI is InChI=1S/C8H14N2O/c1-3-5-7(8(9)11)6-10-4-2/h5-6H,3-4H2,1-2H3,(H2,9,11)/b7-5+,10-6?. The molecular weight excluding hydrogens is 140 g/mol. The summed E-state index contributed by atoms with van der Waals surface area (Å²) < 4.78 is 0. The van der Waals surface area contributed by atoms with Crippen molar-refractivity contribution in [3.63, 3.8) is 0 Å². The predicted molar refractivity (Wildman–Crippen MR) is 46.6 cm³/mol. The number of amides is 1. The van der Waals surface area contributed by atoms with E-state index in [1.165, 1.54) is 6.21 Å². The van der Waals surface area contributed by atoms with Gasteiger partial charge in [0.25, 0.3) is 0 Å². The van der Waals surface area contributed by atoms with E-state index in [2.05, 4.69) is 4.99 Å². The van der Waals surface area contributed by atoms with E-state index in [9.17, 15) is 4.79 Å². The fraction of sp³-hybridized carbons (Fsp3) is 0.500. The quantitative estimate of drug-likeness (QED) is 0.474. The topological polar surface area (TPSA) is 55.4 Å². The second-order valence-corrected chi connectivity index (χ2v) is 2.06. The SMILES string of the molecule is CC/C=C(\C=NCC)C(N)=O. The Balaban J connectivity index is 4.23. The minimum Gasteiger partial charge on any atom is -0.366 e. The first kappa shape index (κ1) is 9.88. The van der Waals surface area contributed by atoms with E-state index in [1.54, 1.807) is 6.08 Å². The molecule has 0 saturated carbocycles. The molecule has 62 valence electrons. The Morgan fingerprint density at radius 1 is 1.55 bits per heavy atom. The number of nitrogens with zero attached hydrogens (tertiary/aromatic N) is 1. The Labute approximate surface area is 67.0 Å². The van der Waals surface area contributed by atoms with Gasteiger partial charge >= 0.3 is 0 Å². The minimum absolute atomic E-state index is 0.413. The molecule has 1 amide bonds. The van der Waals surface area contributed by atoms with E-state index in [0.717, 1.165) is 6.42 Å². The Morgan fingerprint density at radius 2 is 2.18 bits per heavy atom. The van der Waals surface area contributed by atoms with Gasteiger partial charge in [-0.25, -0.2) is 0 Å². The van der Waals surface area contributed by atoms with Crippen molar-refractivity contribution in [1.29, 1.82) is 0 Å². The van der Waals surface area contributed by atoms with E-state index >= 15 is 0 Å². The Bertz CT molecular complexity index is 183. The molecule has 11 heavy (non-hydrogen) atoms. The molecule has 0 radical (unpaired) electrons. The van der Waals surface area contributed by atoms with E-state index in [1.807, 2.05) is 13.8 Å². The second-order valence-electron chi connectivity index (χ2n) is 2.06. The lowest BCUT2D eigenvalue weighted by Crippen LogP contribution is -2.14. The number of primary amides is 1. The smallest absolute Gasteiger partial charge is 0.249 e. The van der Waals surface area contributed by atoms with Crippen LogP contribution in [0.3, 0.4) is 0 Å². The van der Waals surface area contributed by atoms with Crippen molar-refractivity contribution in [2.45, 2.75) is 20.3 Å². The maximum Gasteiger partial charge on any atom is 0.249 e. The van der Waals surface area contributed by atoms with Gasteiger partial charge in [-0.3, -0.25) is 9.79 Å². The Kier molecular flexibility index (Phi) is 5.07. The van der Waals surface area contributed by atoms with Crippen molar-refractivity contribution in [2.75, 3.05) is 6.54 Å². The van der Waals surface area contributed by atoms with Gasteiger partial charge in [-0.05, 0) is 13.3 Å². The molecule has 0 spiro atoms. The largest absolute Gasteiger partial charge is 0.366 e. The molecule has 0 heterocycles. The number of allylic oxidation sites excluding steroid dienone is 1. The van der Waals surface area contributed by atoms with E-state index in [0.29, 0.717) is 12.1 Å². The summed E-state index contributed by atoms with van der Waals surface area (Å²) in [7, 11) is 0. The van der Waals surface area contributed by atoms with Crippen LogP contribution in [0.25, 0.3) is 0 Å². The van der Waals surface area contributed by atoms with Crippen LogP contribution in [0.15, 0.2) is 16.6 Å². The van der Waals surface area contributed by atoms with Gasteiger partial charge in [-0.2, -0.15) is 0 Å². The summed E-state index contributed by atoms with van der Waals surface area (Å²) in [5.41, 5.74) is 5.56. The zero-order valence-corrected chi connectivity index (χ0v) is 7.00. The van der Waals surface area contributed by atoms with Crippen LogP contribution in [0.2, 0.25) is 0 Å². The van der Waals surface area contributed by atoms with E-state index in [-0.39, 0.29) is 0 Å². The second kappa shape index (κ2) is 5.65. The van der Waals surface area contributed by atoms with Crippen LogP contribution in [0.4, 0.5) is 0 Å². The van der Waals surface area contributed by atoms with Crippen molar-refractivity contribution in [3.05, 3.63) is 11.6 Å². The summed E-state index contributed by atoms with van der Waals surface area (Å²) in [4.78, 5) is 14.6. The average Bonchev–Trinajstić information content (AvgIpc) is 1.97. The molecule has 0 bridgehead atoms. The molecule has 0 fully saturated rings. The fourth-order valence-corrected chi connectivity index (χ4v) is 0.626. The van der Waals surface area contributed by atoms with Crippen LogP contribution in [0.1, 0.15) is 20.3 Å². The van der Waals surface area contributed by atoms with Crippen molar-refractivity contribution >= 4 is 12.1 Å². The third kappa shape index (κ3) is 4.31. The van der Waals surface area contributed by atoms with Gasteiger partial charge in [0, 0.05) is 12.8 Å². The monoisotopic (exact) mass is 154 g/mol. The molecule has 0 aliphatic rings. The predicted octanol–water partition coefficient (Wildman–Crippen LogP) is 0.899. The molecule has 3 nitrogen and oxygen atoms in total. The normalized spacial score (nSPS) is 12.4. The molecule has 0 aliphatic carbocycles. The number of carbonyl (C=O) groups is 1. The highest BCUT2D eigenvalue weighted by atomic mass is 16.1. The molecular formula is C8H14N2O. The van der Waals surface area contributed by atoms with Gasteiger partial charge in [-0.1, -0.05) is 13.0 Å². The summed E-state index contributed by atoms with van der Waals surface area (Å²) in [6.07, 6.45) is 4.08. The first-order valence-corrected chi connectivity index (χ1v) is 3.72. The van der Waals surface area contributed by atoms with Crippen molar-refractivity contribution in [2.24, 2.45) is 10.7 Å². The summed E-state index contributed by atoms with van der Waals surface area (Å²) >= 11 is 0. The van der Waals surface area contributed by atoms with Crippen molar-refractivity contribution < 1.29 is 4.79 Å². The number of hydrogen-bond acceptors (Lipinski definition) is 2. The molecule has 0 aromatic heterocycles. The van der Waals surface area contributed by atoms with Gasteiger partial charge in [-0.15, -0.1) is 0 Å². The number of carbonyl (C=O) groups excluding carboxylic acids is 1. The minimum atomic E-state index is -0.413.